The first kappa shape index (κ1) is 10.7. The Bertz CT molecular complexity index is 592. The maximum Gasteiger partial charge on any atom is 0.354 e. The first-order valence-corrected chi connectivity index (χ1v) is 4.42. The lowest BCUT2D eigenvalue weighted by Crippen LogP contribution is -2.07. The Morgan fingerprint density at radius 1 is 1.24 bits per heavy atom. The van der Waals surface area contributed by atoms with Crippen LogP contribution in [0.3, 0.4) is 0 Å². The molecule has 86 valence electrons. The van der Waals surface area contributed by atoms with Crippen LogP contribution in [0.4, 0.5) is 0 Å². The quantitative estimate of drug-likeness (QED) is 0.770. The Morgan fingerprint density at radius 2 is 2.00 bits per heavy atom. The van der Waals surface area contributed by atoms with Crippen molar-refractivity contribution in [3.8, 4) is 5.95 Å². The fourth-order valence-electron chi connectivity index (χ4n) is 1.12. The number of aromatic carboxylic acids is 2. The second kappa shape index (κ2) is 4.00. The maximum atomic E-state index is 10.7. The molecule has 0 aliphatic rings. The second-order valence-corrected chi connectivity index (χ2v) is 3.03. The highest BCUT2D eigenvalue weighted by atomic mass is 16.4. The van der Waals surface area contributed by atoms with Crippen LogP contribution >= 0.6 is 0 Å². The van der Waals surface area contributed by atoms with Crippen molar-refractivity contribution in [2.75, 3.05) is 0 Å². The Kier molecular flexibility index (Phi) is 2.53. The molecule has 0 fully saturated rings. The number of hydrogen-bond donors (Lipinski definition) is 2. The van der Waals surface area contributed by atoms with Crippen molar-refractivity contribution >= 4 is 11.9 Å². The van der Waals surface area contributed by atoms with E-state index in [2.05, 4.69) is 15.1 Å². The molecule has 8 heteroatoms. The second-order valence-electron chi connectivity index (χ2n) is 3.03. The molecule has 2 N–H and O–H groups in total. The molecule has 0 atom stereocenters. The molecule has 0 aliphatic heterocycles. The van der Waals surface area contributed by atoms with Crippen LogP contribution < -0.4 is 0 Å². The van der Waals surface area contributed by atoms with E-state index < -0.39 is 11.9 Å². The SMILES string of the molecule is O=C(O)c1cnn(-c2nccc(C(=O)O)n2)c1. The molecule has 0 saturated heterocycles. The molecule has 2 rings (SSSR count). The summed E-state index contributed by atoms with van der Waals surface area (Å²) in [6, 6.07) is 1.23. The molecule has 0 amide bonds. The highest BCUT2D eigenvalue weighted by molar-refractivity contribution is 5.87. The Balaban J connectivity index is 2.42. The summed E-state index contributed by atoms with van der Waals surface area (Å²) in [4.78, 5) is 28.8. The summed E-state index contributed by atoms with van der Waals surface area (Å²) in [6.07, 6.45) is 3.58. The normalized spacial score (nSPS) is 10.1. The molecule has 2 aromatic rings. The van der Waals surface area contributed by atoms with Crippen molar-refractivity contribution in [3.63, 3.8) is 0 Å². The molecule has 0 saturated carbocycles. The molecule has 2 heterocycles. The van der Waals surface area contributed by atoms with Crippen molar-refractivity contribution in [2.24, 2.45) is 0 Å². The zero-order valence-corrected chi connectivity index (χ0v) is 8.31. The average molecular weight is 234 g/mol. The lowest BCUT2D eigenvalue weighted by atomic mass is 10.4. The zero-order valence-electron chi connectivity index (χ0n) is 8.31. The van der Waals surface area contributed by atoms with Gasteiger partial charge >= 0.3 is 11.9 Å². The average Bonchev–Trinajstić information content (AvgIpc) is 2.78. The maximum absolute atomic E-state index is 10.7. The first-order valence-electron chi connectivity index (χ1n) is 4.42. The molecule has 8 nitrogen and oxygen atoms in total. The number of hydrogen-bond acceptors (Lipinski definition) is 5. The summed E-state index contributed by atoms with van der Waals surface area (Å²) < 4.78 is 1.09. The molecule has 0 bridgehead atoms. The summed E-state index contributed by atoms with van der Waals surface area (Å²) in [7, 11) is 0. The molecule has 0 aliphatic carbocycles. The van der Waals surface area contributed by atoms with E-state index in [9.17, 15) is 9.59 Å². The van der Waals surface area contributed by atoms with E-state index in [0.717, 1.165) is 10.9 Å². The highest BCUT2D eigenvalue weighted by Gasteiger charge is 2.11. The summed E-state index contributed by atoms with van der Waals surface area (Å²) in [5.41, 5.74) is -0.225. The highest BCUT2D eigenvalue weighted by Crippen LogP contribution is 2.04. The van der Waals surface area contributed by atoms with Crippen LogP contribution in [-0.4, -0.2) is 41.9 Å². The van der Waals surface area contributed by atoms with Gasteiger partial charge in [-0.05, 0) is 6.07 Å². The van der Waals surface area contributed by atoms with E-state index in [-0.39, 0.29) is 17.2 Å². The number of aromatic nitrogens is 4. The molecule has 0 spiro atoms. The smallest absolute Gasteiger partial charge is 0.354 e. The summed E-state index contributed by atoms with van der Waals surface area (Å²) in [6.45, 7) is 0. The van der Waals surface area contributed by atoms with Gasteiger partial charge in [0.15, 0.2) is 5.69 Å². The molecular formula is C9H6N4O4. The van der Waals surface area contributed by atoms with Crippen LogP contribution in [0, 0.1) is 0 Å². The first-order chi connectivity index (χ1) is 8.08. The summed E-state index contributed by atoms with van der Waals surface area (Å²) in [5.74, 6) is -2.33. The standard InChI is InChI=1S/C9H6N4O4/c14-7(15)5-3-11-13(4-5)9-10-2-1-6(12-9)8(16)17/h1-4H,(H,14,15)(H,16,17). The van der Waals surface area contributed by atoms with E-state index >= 15 is 0 Å². The number of carboxylic acids is 2. The minimum atomic E-state index is -1.20. The van der Waals surface area contributed by atoms with Gasteiger partial charge in [-0.25, -0.2) is 24.2 Å². The van der Waals surface area contributed by atoms with Crippen LogP contribution in [0.25, 0.3) is 5.95 Å². The molecular weight excluding hydrogens is 228 g/mol. The molecule has 0 aromatic carbocycles. The largest absolute Gasteiger partial charge is 0.478 e. The van der Waals surface area contributed by atoms with Crippen LogP contribution in [0.2, 0.25) is 0 Å². The minimum absolute atomic E-state index is 0.00241. The summed E-state index contributed by atoms with van der Waals surface area (Å²) in [5, 5.41) is 21.2. The van der Waals surface area contributed by atoms with E-state index in [1.165, 1.54) is 18.5 Å². The lowest BCUT2D eigenvalue weighted by Gasteiger charge is -1.99. The van der Waals surface area contributed by atoms with Gasteiger partial charge < -0.3 is 10.2 Å². The number of nitrogens with zero attached hydrogens (tertiary/aromatic N) is 4. The van der Waals surface area contributed by atoms with E-state index in [1.807, 2.05) is 0 Å². The number of rotatable bonds is 3. The number of carboxylic acid groups (broad SMARTS) is 2. The van der Waals surface area contributed by atoms with Gasteiger partial charge in [-0.2, -0.15) is 5.10 Å². The van der Waals surface area contributed by atoms with Gasteiger partial charge in [0.1, 0.15) is 0 Å². The van der Waals surface area contributed by atoms with Gasteiger partial charge in [0.25, 0.3) is 5.95 Å². The van der Waals surface area contributed by atoms with Crippen LogP contribution in [0.1, 0.15) is 20.8 Å². The Morgan fingerprint density at radius 3 is 2.59 bits per heavy atom. The van der Waals surface area contributed by atoms with Gasteiger partial charge in [0.05, 0.1) is 11.8 Å². The number of carbonyl (C=O) groups is 2. The third-order valence-electron chi connectivity index (χ3n) is 1.90. The van der Waals surface area contributed by atoms with Gasteiger partial charge in [-0.3, -0.25) is 0 Å². The predicted molar refractivity (Wildman–Crippen MR) is 53.1 cm³/mol. The zero-order chi connectivity index (χ0) is 12.4. The van der Waals surface area contributed by atoms with Crippen LogP contribution in [0.5, 0.6) is 0 Å². The fraction of sp³-hybridized carbons (Fsp3) is 0. The van der Waals surface area contributed by atoms with E-state index in [4.69, 9.17) is 10.2 Å². The van der Waals surface area contributed by atoms with E-state index in [1.54, 1.807) is 0 Å². The molecule has 17 heavy (non-hydrogen) atoms. The Hall–Kier alpha value is -2.77. The van der Waals surface area contributed by atoms with Gasteiger partial charge in [-0.1, -0.05) is 0 Å². The van der Waals surface area contributed by atoms with Crippen LogP contribution in [0.15, 0.2) is 24.7 Å². The van der Waals surface area contributed by atoms with Gasteiger partial charge in [-0.15, -0.1) is 0 Å². The predicted octanol–water partition coefficient (Wildman–Crippen LogP) is 0.0587. The van der Waals surface area contributed by atoms with Crippen molar-refractivity contribution in [1.29, 1.82) is 0 Å². The topological polar surface area (TPSA) is 118 Å². The Labute approximate surface area is 94.2 Å². The van der Waals surface area contributed by atoms with Crippen molar-refractivity contribution in [3.05, 3.63) is 35.9 Å². The third kappa shape index (κ3) is 2.09. The van der Waals surface area contributed by atoms with Crippen molar-refractivity contribution < 1.29 is 19.8 Å². The monoisotopic (exact) mass is 234 g/mol. The molecule has 0 unspecified atom stereocenters. The van der Waals surface area contributed by atoms with Crippen molar-refractivity contribution in [2.45, 2.75) is 0 Å². The van der Waals surface area contributed by atoms with Gasteiger partial charge in [0, 0.05) is 12.4 Å². The van der Waals surface area contributed by atoms with Gasteiger partial charge in [0.2, 0.25) is 0 Å². The molecule has 0 radical (unpaired) electrons. The fourth-order valence-corrected chi connectivity index (χ4v) is 1.12. The van der Waals surface area contributed by atoms with E-state index in [0.29, 0.717) is 0 Å². The lowest BCUT2D eigenvalue weighted by molar-refractivity contribution is 0.0682. The molecule has 2 aromatic heterocycles. The summed E-state index contributed by atoms with van der Waals surface area (Å²) >= 11 is 0. The van der Waals surface area contributed by atoms with Crippen LogP contribution in [-0.2, 0) is 0 Å². The third-order valence-corrected chi connectivity index (χ3v) is 1.90. The minimum Gasteiger partial charge on any atom is -0.478 e. The van der Waals surface area contributed by atoms with Crippen molar-refractivity contribution in [1.82, 2.24) is 19.7 Å².